The second kappa shape index (κ2) is 2.76. The molecule has 1 aliphatic carbocycles. The summed E-state index contributed by atoms with van der Waals surface area (Å²) >= 11 is 0. The quantitative estimate of drug-likeness (QED) is 0.644. The Morgan fingerprint density at radius 1 is 1.36 bits per heavy atom. The third-order valence-electron chi connectivity index (χ3n) is 3.20. The van der Waals surface area contributed by atoms with Gasteiger partial charge in [0.2, 0.25) is 0 Å². The van der Waals surface area contributed by atoms with Gasteiger partial charge in [-0.15, -0.1) is 0 Å². The summed E-state index contributed by atoms with van der Waals surface area (Å²) in [6.45, 7) is 6.42. The van der Waals surface area contributed by atoms with E-state index in [9.17, 15) is 0 Å². The zero-order valence-corrected chi connectivity index (χ0v) is 7.16. The van der Waals surface area contributed by atoms with Gasteiger partial charge in [0.25, 0.3) is 0 Å². The first-order chi connectivity index (χ1) is 5.36. The van der Waals surface area contributed by atoms with Crippen LogP contribution in [0.25, 0.3) is 0 Å². The average Bonchev–Trinajstić information content (AvgIpc) is 2.47. The predicted octanol–water partition coefficient (Wildman–Crippen LogP) is 0.567. The number of likely N-dealkylation sites (tertiary alicyclic amines) is 1. The van der Waals surface area contributed by atoms with Crippen molar-refractivity contribution in [2.75, 3.05) is 26.2 Å². The van der Waals surface area contributed by atoms with E-state index in [4.69, 9.17) is 5.11 Å². The Labute approximate surface area is 68.2 Å². The Kier molecular flexibility index (Phi) is 1.90. The molecule has 0 bridgehead atoms. The third-order valence-corrected chi connectivity index (χ3v) is 3.20. The van der Waals surface area contributed by atoms with Crippen molar-refractivity contribution in [3.63, 3.8) is 0 Å². The van der Waals surface area contributed by atoms with Gasteiger partial charge in [-0.2, -0.15) is 0 Å². The molecule has 11 heavy (non-hydrogen) atoms. The van der Waals surface area contributed by atoms with Crippen LogP contribution in [0.1, 0.15) is 13.3 Å². The van der Waals surface area contributed by atoms with Gasteiger partial charge >= 0.3 is 0 Å². The molecule has 0 radical (unpaired) electrons. The molecular weight excluding hydrogens is 138 g/mol. The van der Waals surface area contributed by atoms with Crippen LogP contribution in [0.5, 0.6) is 0 Å². The van der Waals surface area contributed by atoms with Crippen LogP contribution in [0.4, 0.5) is 0 Å². The number of piperidine rings is 1. The number of hydrogen-bond donors (Lipinski definition) is 1. The van der Waals surface area contributed by atoms with E-state index in [1.165, 1.54) is 26.1 Å². The zero-order chi connectivity index (χ0) is 7.84. The van der Waals surface area contributed by atoms with Gasteiger partial charge in [0, 0.05) is 19.7 Å². The highest BCUT2D eigenvalue weighted by Gasteiger charge is 2.54. The molecule has 1 heterocycles. The SMILES string of the molecule is CCCN1C[C@@H]2C(CO)[C@@H]2C1. The maximum absolute atomic E-state index is 8.91. The molecule has 1 saturated heterocycles. The zero-order valence-electron chi connectivity index (χ0n) is 7.16. The molecule has 0 spiro atoms. The minimum Gasteiger partial charge on any atom is -0.396 e. The van der Waals surface area contributed by atoms with E-state index in [0.717, 1.165) is 11.8 Å². The van der Waals surface area contributed by atoms with Crippen LogP contribution < -0.4 is 0 Å². The Morgan fingerprint density at radius 2 is 2.00 bits per heavy atom. The highest BCUT2D eigenvalue weighted by atomic mass is 16.3. The number of nitrogens with zero attached hydrogens (tertiary/aromatic N) is 1. The molecule has 0 aromatic carbocycles. The number of aliphatic hydroxyl groups excluding tert-OH is 1. The summed E-state index contributed by atoms with van der Waals surface area (Å²) < 4.78 is 0. The highest BCUT2D eigenvalue weighted by Crippen LogP contribution is 2.51. The van der Waals surface area contributed by atoms with Crippen LogP contribution in [0, 0.1) is 17.8 Å². The van der Waals surface area contributed by atoms with Crippen molar-refractivity contribution >= 4 is 0 Å². The maximum atomic E-state index is 8.91. The Hall–Kier alpha value is -0.0800. The molecule has 3 atom stereocenters. The van der Waals surface area contributed by atoms with E-state index in [-0.39, 0.29) is 0 Å². The molecule has 2 rings (SSSR count). The molecular formula is C9H17NO. The first-order valence-electron chi connectivity index (χ1n) is 4.70. The molecule has 0 aromatic rings. The molecule has 1 aliphatic heterocycles. The van der Waals surface area contributed by atoms with Gasteiger partial charge in [-0.1, -0.05) is 6.92 Å². The van der Waals surface area contributed by atoms with E-state index in [0.29, 0.717) is 12.5 Å². The largest absolute Gasteiger partial charge is 0.396 e. The lowest BCUT2D eigenvalue weighted by Crippen LogP contribution is -2.25. The van der Waals surface area contributed by atoms with Crippen molar-refractivity contribution in [3.05, 3.63) is 0 Å². The summed E-state index contributed by atoms with van der Waals surface area (Å²) in [5.41, 5.74) is 0. The molecule has 2 aliphatic rings. The molecule has 1 unspecified atom stereocenters. The molecule has 1 saturated carbocycles. The minimum atomic E-state index is 0.426. The normalized spacial score (nSPS) is 42.5. The van der Waals surface area contributed by atoms with Crippen LogP contribution in [0.15, 0.2) is 0 Å². The molecule has 0 aromatic heterocycles. The summed E-state index contributed by atoms with van der Waals surface area (Å²) in [7, 11) is 0. The van der Waals surface area contributed by atoms with Crippen LogP contribution in [-0.4, -0.2) is 36.2 Å². The van der Waals surface area contributed by atoms with Gasteiger partial charge < -0.3 is 10.0 Å². The molecule has 2 heteroatoms. The van der Waals surface area contributed by atoms with Crippen molar-refractivity contribution in [3.8, 4) is 0 Å². The average molecular weight is 155 g/mol. The van der Waals surface area contributed by atoms with Gasteiger partial charge in [0.15, 0.2) is 0 Å². The lowest BCUT2D eigenvalue weighted by atomic mass is 10.3. The second-order valence-electron chi connectivity index (χ2n) is 3.93. The predicted molar refractivity (Wildman–Crippen MR) is 44.3 cm³/mol. The van der Waals surface area contributed by atoms with Gasteiger partial charge in [-0.3, -0.25) is 0 Å². The number of hydrogen-bond acceptors (Lipinski definition) is 2. The smallest absolute Gasteiger partial charge is 0.0465 e. The summed E-state index contributed by atoms with van der Waals surface area (Å²) in [6, 6.07) is 0. The van der Waals surface area contributed by atoms with E-state index in [2.05, 4.69) is 11.8 Å². The van der Waals surface area contributed by atoms with Gasteiger partial charge in [-0.25, -0.2) is 0 Å². The Balaban J connectivity index is 1.76. The first-order valence-corrected chi connectivity index (χ1v) is 4.70. The standard InChI is InChI=1S/C9H17NO/c1-2-3-10-4-7-8(5-10)9(7)6-11/h7-9,11H,2-6H2,1H3/t7-,8+,9?. The van der Waals surface area contributed by atoms with E-state index >= 15 is 0 Å². The van der Waals surface area contributed by atoms with E-state index in [1.807, 2.05) is 0 Å². The monoisotopic (exact) mass is 155 g/mol. The second-order valence-corrected chi connectivity index (χ2v) is 3.93. The van der Waals surface area contributed by atoms with E-state index in [1.54, 1.807) is 0 Å². The van der Waals surface area contributed by atoms with Crippen LogP contribution in [0.2, 0.25) is 0 Å². The molecule has 64 valence electrons. The van der Waals surface area contributed by atoms with Crippen molar-refractivity contribution in [1.82, 2.24) is 4.90 Å². The van der Waals surface area contributed by atoms with Crippen LogP contribution >= 0.6 is 0 Å². The summed E-state index contributed by atoms with van der Waals surface area (Å²) in [5, 5.41) is 8.91. The fourth-order valence-electron chi connectivity index (χ4n) is 2.51. The minimum absolute atomic E-state index is 0.426. The summed E-state index contributed by atoms with van der Waals surface area (Å²) in [5.74, 6) is 2.38. The van der Waals surface area contributed by atoms with Crippen LogP contribution in [0.3, 0.4) is 0 Å². The van der Waals surface area contributed by atoms with Crippen molar-refractivity contribution < 1.29 is 5.11 Å². The van der Waals surface area contributed by atoms with Crippen LogP contribution in [-0.2, 0) is 0 Å². The van der Waals surface area contributed by atoms with Crippen molar-refractivity contribution in [1.29, 1.82) is 0 Å². The summed E-state index contributed by atoms with van der Waals surface area (Å²) in [6.07, 6.45) is 1.27. The number of fused-ring (bicyclic) bond motifs is 1. The van der Waals surface area contributed by atoms with Gasteiger partial charge in [0.05, 0.1) is 0 Å². The number of rotatable bonds is 3. The highest BCUT2D eigenvalue weighted by molar-refractivity contribution is 5.04. The Bertz CT molecular complexity index is 136. The third kappa shape index (κ3) is 1.18. The molecule has 0 amide bonds. The molecule has 2 nitrogen and oxygen atoms in total. The lowest BCUT2D eigenvalue weighted by Gasteiger charge is -2.17. The molecule has 2 fully saturated rings. The van der Waals surface area contributed by atoms with Crippen molar-refractivity contribution in [2.45, 2.75) is 13.3 Å². The topological polar surface area (TPSA) is 23.5 Å². The van der Waals surface area contributed by atoms with E-state index < -0.39 is 0 Å². The fourth-order valence-corrected chi connectivity index (χ4v) is 2.51. The maximum Gasteiger partial charge on any atom is 0.0465 e. The van der Waals surface area contributed by atoms with Gasteiger partial charge in [0.1, 0.15) is 0 Å². The summed E-state index contributed by atoms with van der Waals surface area (Å²) in [4.78, 5) is 2.53. The van der Waals surface area contributed by atoms with Crippen molar-refractivity contribution in [2.24, 2.45) is 17.8 Å². The molecule has 1 N–H and O–H groups in total. The Morgan fingerprint density at radius 3 is 2.45 bits per heavy atom. The lowest BCUT2D eigenvalue weighted by molar-refractivity contribution is 0.221. The van der Waals surface area contributed by atoms with Gasteiger partial charge in [-0.05, 0) is 30.7 Å². The first kappa shape index (κ1) is 7.56. The fraction of sp³-hybridized carbons (Fsp3) is 1.00. The number of aliphatic hydroxyl groups is 1.